The molecule has 2 aromatic carbocycles. The third kappa shape index (κ3) is 2.29. The lowest BCUT2D eigenvalue weighted by Crippen LogP contribution is -2.43. The maximum Gasteiger partial charge on any atom is 0.176 e. The number of rotatable bonds is 2. The van der Waals surface area contributed by atoms with E-state index in [1.54, 1.807) is 12.1 Å². The van der Waals surface area contributed by atoms with Crippen molar-refractivity contribution >= 4 is 17.5 Å². The second-order valence-electron chi connectivity index (χ2n) is 6.95. The molecule has 0 aliphatic carbocycles. The molecule has 2 heterocycles. The van der Waals surface area contributed by atoms with Crippen molar-refractivity contribution in [1.82, 2.24) is 0 Å². The molecule has 2 aliphatic rings. The van der Waals surface area contributed by atoms with E-state index >= 15 is 0 Å². The number of hydrogen-bond acceptors (Lipinski definition) is 4. The topological polar surface area (TPSA) is 67.9 Å². The number of fused-ring (bicyclic) bond motifs is 3. The van der Waals surface area contributed by atoms with E-state index in [4.69, 9.17) is 0 Å². The van der Waals surface area contributed by atoms with Crippen molar-refractivity contribution in [3.63, 3.8) is 0 Å². The van der Waals surface area contributed by atoms with E-state index in [-0.39, 0.29) is 5.78 Å². The molecule has 0 radical (unpaired) electrons. The number of para-hydroxylation sites is 1. The van der Waals surface area contributed by atoms with Crippen LogP contribution in [0.4, 0.5) is 10.1 Å². The van der Waals surface area contributed by atoms with Gasteiger partial charge in [-0.3, -0.25) is 4.79 Å². The first kappa shape index (κ1) is 17.0. The summed E-state index contributed by atoms with van der Waals surface area (Å²) >= 11 is 0. The van der Waals surface area contributed by atoms with Gasteiger partial charge in [-0.05, 0) is 36.2 Å². The predicted octanol–water partition coefficient (Wildman–Crippen LogP) is 3.82. The standard InChI is InChI=1S/C22H16FN3O/c1-14(27)21-20(16-6-4-7-17(23)11-16)22(12-24,13-25)19-10-9-15-5-2-3-8-18(15)26(19)21/h2-11,19-21H,1H3/t19-,20-,21-/m1/s1. The van der Waals surface area contributed by atoms with Crippen molar-refractivity contribution in [2.75, 3.05) is 4.90 Å². The molecule has 0 aromatic heterocycles. The SMILES string of the molecule is CC(=O)[C@@H]1[C@@H](c2cccc(F)c2)C(C#N)(C#N)[C@H]2C=Cc3ccccc3N12. The first-order valence-corrected chi connectivity index (χ1v) is 8.67. The highest BCUT2D eigenvalue weighted by atomic mass is 19.1. The van der Waals surface area contributed by atoms with Crippen LogP contribution in [0.5, 0.6) is 0 Å². The van der Waals surface area contributed by atoms with Gasteiger partial charge < -0.3 is 4.90 Å². The Hall–Kier alpha value is -3.44. The molecule has 5 heteroatoms. The summed E-state index contributed by atoms with van der Waals surface area (Å²) in [6.45, 7) is 1.46. The molecule has 1 saturated heterocycles. The molecule has 0 amide bonds. The Bertz CT molecular complexity index is 1030. The minimum Gasteiger partial charge on any atom is -0.351 e. The number of nitriles is 2. The zero-order chi connectivity index (χ0) is 19.2. The van der Waals surface area contributed by atoms with Gasteiger partial charge in [0.25, 0.3) is 0 Å². The molecule has 1 fully saturated rings. The van der Waals surface area contributed by atoms with Gasteiger partial charge >= 0.3 is 0 Å². The Morgan fingerprint density at radius 1 is 1.15 bits per heavy atom. The third-order valence-corrected chi connectivity index (χ3v) is 5.54. The first-order chi connectivity index (χ1) is 13.0. The summed E-state index contributed by atoms with van der Waals surface area (Å²) in [7, 11) is 0. The first-order valence-electron chi connectivity index (χ1n) is 8.67. The summed E-state index contributed by atoms with van der Waals surface area (Å²) in [6.07, 6.45) is 3.69. The van der Waals surface area contributed by atoms with Crippen LogP contribution in [0.3, 0.4) is 0 Å². The van der Waals surface area contributed by atoms with E-state index in [0.29, 0.717) is 5.56 Å². The van der Waals surface area contributed by atoms with Crippen molar-refractivity contribution in [2.45, 2.75) is 24.9 Å². The normalized spacial score (nSPS) is 24.4. The number of anilines is 1. The summed E-state index contributed by atoms with van der Waals surface area (Å²) in [4.78, 5) is 14.6. The lowest BCUT2D eigenvalue weighted by Gasteiger charge is -2.35. The number of benzene rings is 2. The molecule has 0 bridgehead atoms. The van der Waals surface area contributed by atoms with Gasteiger partial charge in [-0.25, -0.2) is 4.39 Å². The minimum absolute atomic E-state index is 0.160. The van der Waals surface area contributed by atoms with Crippen LogP contribution in [0.25, 0.3) is 6.08 Å². The monoisotopic (exact) mass is 357 g/mol. The van der Waals surface area contributed by atoms with Crippen LogP contribution in [0.1, 0.15) is 24.0 Å². The fourth-order valence-electron chi connectivity index (χ4n) is 4.46. The van der Waals surface area contributed by atoms with Crippen molar-refractivity contribution in [2.24, 2.45) is 5.41 Å². The smallest absolute Gasteiger partial charge is 0.176 e. The van der Waals surface area contributed by atoms with Crippen molar-refractivity contribution < 1.29 is 9.18 Å². The number of carbonyl (C=O) groups excluding carboxylic acids is 1. The summed E-state index contributed by atoms with van der Waals surface area (Å²) in [5.41, 5.74) is 0.705. The number of carbonyl (C=O) groups is 1. The molecular formula is C22H16FN3O. The zero-order valence-electron chi connectivity index (χ0n) is 14.6. The maximum atomic E-state index is 13.9. The fraction of sp³-hybridized carbons (Fsp3) is 0.227. The number of Topliss-reactive ketones (excluding diaryl/α,β-unsaturated/α-hetero) is 1. The van der Waals surface area contributed by atoms with E-state index < -0.39 is 29.2 Å². The Kier molecular flexibility index (Phi) is 3.82. The quantitative estimate of drug-likeness (QED) is 0.819. The molecule has 4 nitrogen and oxygen atoms in total. The summed E-state index contributed by atoms with van der Waals surface area (Å²) in [6, 6.07) is 16.5. The highest BCUT2D eigenvalue weighted by Gasteiger charge is 2.62. The largest absolute Gasteiger partial charge is 0.351 e. The van der Waals surface area contributed by atoms with Crippen LogP contribution >= 0.6 is 0 Å². The predicted molar refractivity (Wildman–Crippen MR) is 99.0 cm³/mol. The minimum atomic E-state index is -1.51. The zero-order valence-corrected chi connectivity index (χ0v) is 14.6. The van der Waals surface area contributed by atoms with Gasteiger partial charge in [-0.15, -0.1) is 0 Å². The Labute approximate surface area is 156 Å². The molecule has 2 aromatic rings. The van der Waals surface area contributed by atoms with Crippen LogP contribution in [0.2, 0.25) is 0 Å². The molecule has 132 valence electrons. The van der Waals surface area contributed by atoms with Gasteiger partial charge in [-0.1, -0.05) is 42.5 Å². The lowest BCUT2D eigenvalue weighted by molar-refractivity contribution is -0.118. The fourth-order valence-corrected chi connectivity index (χ4v) is 4.46. The Balaban J connectivity index is 2.01. The maximum absolute atomic E-state index is 13.9. The Morgan fingerprint density at radius 2 is 1.89 bits per heavy atom. The molecule has 3 atom stereocenters. The van der Waals surface area contributed by atoms with Gasteiger partial charge in [0.1, 0.15) is 5.82 Å². The van der Waals surface area contributed by atoms with Crippen LogP contribution in [0, 0.1) is 33.9 Å². The average Bonchev–Trinajstić information content (AvgIpc) is 2.99. The van der Waals surface area contributed by atoms with Gasteiger partial charge in [0.15, 0.2) is 11.2 Å². The highest BCUT2D eigenvalue weighted by Crippen LogP contribution is 2.55. The second kappa shape index (κ2) is 6.07. The number of hydrogen-bond donors (Lipinski definition) is 0. The van der Waals surface area contributed by atoms with Gasteiger partial charge in [-0.2, -0.15) is 10.5 Å². The molecule has 0 unspecified atom stereocenters. The van der Waals surface area contributed by atoms with Gasteiger partial charge in [0.2, 0.25) is 0 Å². The van der Waals surface area contributed by atoms with E-state index in [1.807, 2.05) is 41.3 Å². The highest BCUT2D eigenvalue weighted by molar-refractivity contribution is 5.91. The van der Waals surface area contributed by atoms with Crippen molar-refractivity contribution in [3.8, 4) is 12.1 Å². The molecular weight excluding hydrogens is 341 g/mol. The van der Waals surface area contributed by atoms with E-state index in [0.717, 1.165) is 11.3 Å². The molecule has 0 saturated carbocycles. The van der Waals surface area contributed by atoms with Gasteiger partial charge in [0, 0.05) is 11.6 Å². The van der Waals surface area contributed by atoms with Crippen LogP contribution < -0.4 is 4.90 Å². The van der Waals surface area contributed by atoms with E-state index in [9.17, 15) is 19.7 Å². The van der Waals surface area contributed by atoms with Crippen molar-refractivity contribution in [1.29, 1.82) is 10.5 Å². The summed E-state index contributed by atoms with van der Waals surface area (Å²) < 4.78 is 13.9. The van der Waals surface area contributed by atoms with Crippen LogP contribution in [0.15, 0.2) is 54.6 Å². The number of ketones is 1. The summed E-state index contributed by atoms with van der Waals surface area (Å²) in [5.74, 6) is -1.38. The third-order valence-electron chi connectivity index (χ3n) is 5.54. The number of nitrogens with zero attached hydrogens (tertiary/aromatic N) is 3. The van der Waals surface area contributed by atoms with E-state index in [2.05, 4.69) is 12.1 Å². The Morgan fingerprint density at radius 3 is 2.56 bits per heavy atom. The number of halogens is 1. The second-order valence-corrected chi connectivity index (χ2v) is 6.95. The van der Waals surface area contributed by atoms with E-state index in [1.165, 1.54) is 19.1 Å². The van der Waals surface area contributed by atoms with Crippen LogP contribution in [-0.4, -0.2) is 17.9 Å². The molecule has 4 rings (SSSR count). The molecule has 27 heavy (non-hydrogen) atoms. The molecule has 2 aliphatic heterocycles. The molecule has 0 N–H and O–H groups in total. The molecule has 0 spiro atoms. The average molecular weight is 357 g/mol. The lowest BCUT2D eigenvalue weighted by atomic mass is 9.69. The van der Waals surface area contributed by atoms with Crippen molar-refractivity contribution in [3.05, 3.63) is 71.6 Å². The van der Waals surface area contributed by atoms with Gasteiger partial charge in [0.05, 0.1) is 24.2 Å². The van der Waals surface area contributed by atoms with Crippen LogP contribution in [-0.2, 0) is 4.79 Å². The summed E-state index contributed by atoms with van der Waals surface area (Å²) in [5, 5.41) is 20.1.